The Morgan fingerprint density at radius 2 is 1.83 bits per heavy atom. The van der Waals surface area contributed by atoms with Crippen LogP contribution in [-0.4, -0.2) is 19.6 Å². The van der Waals surface area contributed by atoms with Crippen LogP contribution in [0.1, 0.15) is 15.9 Å². The summed E-state index contributed by atoms with van der Waals surface area (Å²) in [6, 6.07) is 9.60. The van der Waals surface area contributed by atoms with E-state index in [1.54, 1.807) is 0 Å². The van der Waals surface area contributed by atoms with Crippen molar-refractivity contribution in [3.05, 3.63) is 59.4 Å². The molecule has 0 saturated heterocycles. The van der Waals surface area contributed by atoms with Crippen molar-refractivity contribution in [2.24, 2.45) is 0 Å². The third kappa shape index (κ3) is 4.64. The van der Waals surface area contributed by atoms with Gasteiger partial charge < -0.3 is 14.8 Å². The van der Waals surface area contributed by atoms with Gasteiger partial charge in [0.2, 0.25) is 0 Å². The highest BCUT2D eigenvalue weighted by Gasteiger charge is 2.14. The zero-order valence-corrected chi connectivity index (χ0v) is 12.2. The van der Waals surface area contributed by atoms with Crippen molar-refractivity contribution < 1.29 is 27.4 Å². The number of benzene rings is 2. The van der Waals surface area contributed by atoms with Crippen LogP contribution in [0, 0.1) is 5.82 Å². The van der Waals surface area contributed by atoms with Crippen LogP contribution in [0.15, 0.2) is 42.5 Å². The molecule has 0 aliphatic rings. The summed E-state index contributed by atoms with van der Waals surface area (Å²) in [5, 5.41) is 2.61. The lowest BCUT2D eigenvalue weighted by Gasteiger charge is -2.11. The van der Waals surface area contributed by atoms with E-state index in [-0.39, 0.29) is 29.4 Å². The molecule has 0 bridgehead atoms. The van der Waals surface area contributed by atoms with E-state index in [1.165, 1.54) is 49.6 Å². The molecule has 2 rings (SSSR count). The van der Waals surface area contributed by atoms with E-state index in [4.69, 9.17) is 4.74 Å². The Labute approximate surface area is 130 Å². The van der Waals surface area contributed by atoms with Gasteiger partial charge in [0.1, 0.15) is 5.82 Å². The van der Waals surface area contributed by atoms with Crippen LogP contribution in [0.5, 0.6) is 11.5 Å². The Hall–Kier alpha value is -2.70. The van der Waals surface area contributed by atoms with Gasteiger partial charge in [-0.3, -0.25) is 4.79 Å². The van der Waals surface area contributed by atoms with Crippen LogP contribution < -0.4 is 14.8 Å². The highest BCUT2D eigenvalue weighted by molar-refractivity contribution is 5.94. The van der Waals surface area contributed by atoms with Gasteiger partial charge in [0.05, 0.1) is 7.11 Å². The monoisotopic (exact) mass is 325 g/mol. The van der Waals surface area contributed by atoms with Crippen LogP contribution in [0.3, 0.4) is 0 Å². The van der Waals surface area contributed by atoms with Crippen molar-refractivity contribution in [2.75, 3.05) is 7.11 Å². The number of carbonyl (C=O) groups is 1. The number of methoxy groups -OCH3 is 1. The zero-order chi connectivity index (χ0) is 16.8. The van der Waals surface area contributed by atoms with Crippen molar-refractivity contribution in [1.82, 2.24) is 5.32 Å². The summed E-state index contributed by atoms with van der Waals surface area (Å²) in [5.41, 5.74) is 0.848. The summed E-state index contributed by atoms with van der Waals surface area (Å²) in [7, 11) is 1.31. The molecule has 2 aromatic carbocycles. The summed E-state index contributed by atoms with van der Waals surface area (Å²) < 4.78 is 46.7. The van der Waals surface area contributed by atoms with Crippen LogP contribution in [0.25, 0.3) is 0 Å². The zero-order valence-electron chi connectivity index (χ0n) is 12.2. The molecular formula is C16H14F3NO3. The molecule has 23 heavy (non-hydrogen) atoms. The summed E-state index contributed by atoms with van der Waals surface area (Å²) in [6.07, 6.45) is 0. The standard InChI is InChI=1S/C16H14F3NO3/c1-22-13-7-4-11(8-14(13)23-16(18)19)15(21)20-9-10-2-5-12(17)6-3-10/h2-8,16H,9H2,1H3,(H,20,21). The van der Waals surface area contributed by atoms with Gasteiger partial charge in [-0.2, -0.15) is 8.78 Å². The third-order valence-electron chi connectivity index (χ3n) is 3.01. The fraction of sp³-hybridized carbons (Fsp3) is 0.188. The summed E-state index contributed by atoms with van der Waals surface area (Å²) >= 11 is 0. The lowest BCUT2D eigenvalue weighted by Crippen LogP contribution is -2.22. The summed E-state index contributed by atoms with van der Waals surface area (Å²) in [4.78, 5) is 12.1. The maximum Gasteiger partial charge on any atom is 0.387 e. The Morgan fingerprint density at radius 1 is 1.13 bits per heavy atom. The van der Waals surface area contributed by atoms with Crippen molar-refractivity contribution in [3.63, 3.8) is 0 Å². The highest BCUT2D eigenvalue weighted by atomic mass is 19.3. The predicted molar refractivity (Wildman–Crippen MR) is 77.2 cm³/mol. The molecule has 0 atom stereocenters. The minimum Gasteiger partial charge on any atom is -0.493 e. The average molecular weight is 325 g/mol. The smallest absolute Gasteiger partial charge is 0.387 e. The molecule has 0 radical (unpaired) electrons. The van der Waals surface area contributed by atoms with Crippen LogP contribution in [-0.2, 0) is 6.54 Å². The second kappa shape index (κ2) is 7.53. The topological polar surface area (TPSA) is 47.6 Å². The molecule has 122 valence electrons. The van der Waals surface area contributed by atoms with E-state index in [1.807, 2.05) is 0 Å². The lowest BCUT2D eigenvalue weighted by atomic mass is 10.1. The van der Waals surface area contributed by atoms with Gasteiger partial charge in [0, 0.05) is 12.1 Å². The molecular weight excluding hydrogens is 311 g/mol. The fourth-order valence-electron chi connectivity index (χ4n) is 1.89. The minimum atomic E-state index is -3.03. The number of rotatable bonds is 6. The largest absolute Gasteiger partial charge is 0.493 e. The molecule has 0 heterocycles. The Kier molecular flexibility index (Phi) is 5.46. The third-order valence-corrected chi connectivity index (χ3v) is 3.01. The molecule has 4 nitrogen and oxygen atoms in total. The first-order chi connectivity index (χ1) is 11.0. The lowest BCUT2D eigenvalue weighted by molar-refractivity contribution is -0.0512. The van der Waals surface area contributed by atoms with Gasteiger partial charge >= 0.3 is 6.61 Å². The van der Waals surface area contributed by atoms with Crippen molar-refractivity contribution in [3.8, 4) is 11.5 Å². The first-order valence-electron chi connectivity index (χ1n) is 6.65. The Balaban J connectivity index is 2.07. The molecule has 0 aromatic heterocycles. The maximum atomic E-state index is 12.8. The SMILES string of the molecule is COc1ccc(C(=O)NCc2ccc(F)cc2)cc1OC(F)F. The van der Waals surface area contributed by atoms with Gasteiger partial charge in [-0.25, -0.2) is 4.39 Å². The predicted octanol–water partition coefficient (Wildman–Crippen LogP) is 3.37. The second-order valence-corrected chi connectivity index (χ2v) is 4.55. The molecule has 0 unspecified atom stereocenters. The molecule has 1 amide bonds. The molecule has 2 aromatic rings. The minimum absolute atomic E-state index is 0.0976. The second-order valence-electron chi connectivity index (χ2n) is 4.55. The number of carbonyl (C=O) groups excluding carboxylic acids is 1. The van der Waals surface area contributed by atoms with Gasteiger partial charge in [-0.05, 0) is 35.9 Å². The number of hydrogen-bond donors (Lipinski definition) is 1. The first-order valence-corrected chi connectivity index (χ1v) is 6.65. The number of amides is 1. The van der Waals surface area contributed by atoms with E-state index in [0.29, 0.717) is 5.56 Å². The van der Waals surface area contributed by atoms with Crippen LogP contribution >= 0.6 is 0 Å². The molecule has 1 N–H and O–H groups in total. The molecule has 0 fully saturated rings. The van der Waals surface area contributed by atoms with Crippen molar-refractivity contribution in [1.29, 1.82) is 0 Å². The quantitative estimate of drug-likeness (QED) is 0.886. The van der Waals surface area contributed by atoms with Crippen molar-refractivity contribution in [2.45, 2.75) is 13.2 Å². The van der Waals surface area contributed by atoms with Gasteiger partial charge in [-0.1, -0.05) is 12.1 Å². The maximum absolute atomic E-state index is 12.8. The first kappa shape index (κ1) is 16.7. The number of nitrogens with one attached hydrogen (secondary N) is 1. The van der Waals surface area contributed by atoms with Crippen molar-refractivity contribution >= 4 is 5.91 Å². The average Bonchev–Trinajstić information content (AvgIpc) is 2.53. The summed E-state index contributed by atoms with van der Waals surface area (Å²) in [5.74, 6) is -0.975. The molecule has 0 aliphatic heterocycles. The molecule has 7 heteroatoms. The van der Waals surface area contributed by atoms with E-state index in [2.05, 4.69) is 10.1 Å². The fourth-order valence-corrected chi connectivity index (χ4v) is 1.89. The Morgan fingerprint density at radius 3 is 2.43 bits per heavy atom. The van der Waals surface area contributed by atoms with E-state index in [0.717, 1.165) is 0 Å². The van der Waals surface area contributed by atoms with Gasteiger partial charge in [-0.15, -0.1) is 0 Å². The van der Waals surface area contributed by atoms with E-state index in [9.17, 15) is 18.0 Å². The number of hydrogen-bond acceptors (Lipinski definition) is 3. The number of ether oxygens (including phenoxy) is 2. The van der Waals surface area contributed by atoms with Gasteiger partial charge in [0.15, 0.2) is 11.5 Å². The van der Waals surface area contributed by atoms with E-state index < -0.39 is 12.5 Å². The van der Waals surface area contributed by atoms with Crippen LogP contribution in [0.4, 0.5) is 13.2 Å². The number of alkyl halides is 2. The molecule has 0 aliphatic carbocycles. The molecule has 0 saturated carbocycles. The number of halogens is 3. The normalized spacial score (nSPS) is 10.5. The summed E-state index contributed by atoms with van der Waals surface area (Å²) in [6.45, 7) is -2.85. The Bertz CT molecular complexity index is 675. The van der Waals surface area contributed by atoms with Crippen LogP contribution in [0.2, 0.25) is 0 Å². The molecule has 0 spiro atoms. The highest BCUT2D eigenvalue weighted by Crippen LogP contribution is 2.29. The van der Waals surface area contributed by atoms with Gasteiger partial charge in [0.25, 0.3) is 5.91 Å². The van der Waals surface area contributed by atoms with E-state index >= 15 is 0 Å².